The van der Waals surface area contributed by atoms with Crippen LogP contribution < -0.4 is 4.74 Å². The lowest BCUT2D eigenvalue weighted by Gasteiger charge is -2.23. The van der Waals surface area contributed by atoms with E-state index in [1.807, 2.05) is 30.9 Å². The third-order valence-electron chi connectivity index (χ3n) is 5.04. The van der Waals surface area contributed by atoms with Crippen molar-refractivity contribution in [1.29, 1.82) is 0 Å². The maximum absolute atomic E-state index is 13.1. The van der Waals surface area contributed by atoms with E-state index in [0.29, 0.717) is 43.1 Å². The van der Waals surface area contributed by atoms with Gasteiger partial charge in [-0.05, 0) is 55.7 Å². The minimum atomic E-state index is -0.0480. The number of pyridine rings is 1. The fraction of sp³-hybridized carbons (Fsp3) is 0.381. The Bertz CT molecular complexity index is 836. The van der Waals surface area contributed by atoms with Gasteiger partial charge in [-0.15, -0.1) is 0 Å². The highest BCUT2D eigenvalue weighted by Gasteiger charge is 2.25. The first-order valence-corrected chi connectivity index (χ1v) is 9.15. The van der Waals surface area contributed by atoms with Crippen LogP contribution in [0.1, 0.15) is 38.3 Å². The fourth-order valence-corrected chi connectivity index (χ4v) is 3.30. The number of aromatic nitrogens is 1. The van der Waals surface area contributed by atoms with Crippen LogP contribution in [-0.4, -0.2) is 59.9 Å². The molecule has 1 aromatic carbocycles. The van der Waals surface area contributed by atoms with E-state index in [9.17, 15) is 9.59 Å². The van der Waals surface area contributed by atoms with Crippen LogP contribution in [0.25, 0.3) is 0 Å². The quantitative estimate of drug-likeness (QED) is 0.837. The first-order valence-electron chi connectivity index (χ1n) is 9.15. The highest BCUT2D eigenvalue weighted by Crippen LogP contribution is 2.25. The van der Waals surface area contributed by atoms with Crippen LogP contribution in [0.5, 0.6) is 5.75 Å². The summed E-state index contributed by atoms with van der Waals surface area (Å²) in [5.41, 5.74) is 3.35. The van der Waals surface area contributed by atoms with Crippen LogP contribution >= 0.6 is 0 Å². The molecule has 1 aliphatic rings. The molecule has 3 rings (SSSR count). The number of aryl methyl sites for hydroxylation is 2. The Hall–Kier alpha value is -2.89. The van der Waals surface area contributed by atoms with Gasteiger partial charge in [0.05, 0.1) is 12.7 Å². The number of carbonyl (C=O) groups is 2. The number of nitrogens with zero attached hydrogens (tertiary/aromatic N) is 3. The second-order valence-electron chi connectivity index (χ2n) is 6.81. The van der Waals surface area contributed by atoms with E-state index in [1.54, 1.807) is 36.5 Å². The summed E-state index contributed by atoms with van der Waals surface area (Å²) in [6.07, 6.45) is 3.98. The van der Waals surface area contributed by atoms with Crippen LogP contribution in [0.15, 0.2) is 36.7 Å². The van der Waals surface area contributed by atoms with Crippen molar-refractivity contribution < 1.29 is 14.3 Å². The molecule has 0 N–H and O–H groups in total. The van der Waals surface area contributed by atoms with E-state index in [-0.39, 0.29) is 11.8 Å². The van der Waals surface area contributed by atoms with Crippen LogP contribution in [0.4, 0.5) is 0 Å². The largest absolute Gasteiger partial charge is 0.496 e. The molecule has 0 atom stereocenters. The SMILES string of the molecule is COc1cc(C)c(C)cc1C(=O)N1CCCN(C(=O)c2ccncc2)CC1. The standard InChI is InChI=1S/C21H25N3O3/c1-15-13-18(19(27-3)14-16(15)2)21(26)24-10-4-9-23(11-12-24)20(25)17-5-7-22-8-6-17/h5-8,13-14H,4,9-12H2,1-3H3. The molecule has 2 heterocycles. The van der Waals surface area contributed by atoms with Crippen molar-refractivity contribution in [3.63, 3.8) is 0 Å². The summed E-state index contributed by atoms with van der Waals surface area (Å²) < 4.78 is 5.42. The van der Waals surface area contributed by atoms with Gasteiger partial charge in [0.15, 0.2) is 0 Å². The third kappa shape index (κ3) is 4.10. The number of hydrogen-bond donors (Lipinski definition) is 0. The number of methoxy groups -OCH3 is 1. The Morgan fingerprint density at radius 2 is 1.52 bits per heavy atom. The summed E-state index contributed by atoms with van der Waals surface area (Å²) in [6, 6.07) is 7.23. The van der Waals surface area contributed by atoms with Gasteiger partial charge in [-0.1, -0.05) is 0 Å². The van der Waals surface area contributed by atoms with Crippen molar-refractivity contribution in [2.75, 3.05) is 33.3 Å². The number of amides is 2. The molecule has 1 aromatic heterocycles. The van der Waals surface area contributed by atoms with E-state index in [0.717, 1.165) is 17.5 Å². The molecule has 1 fully saturated rings. The zero-order chi connectivity index (χ0) is 19.4. The maximum Gasteiger partial charge on any atom is 0.257 e. The molecule has 6 nitrogen and oxygen atoms in total. The number of benzene rings is 1. The Kier molecular flexibility index (Phi) is 5.74. The smallest absolute Gasteiger partial charge is 0.257 e. The normalized spacial score (nSPS) is 14.6. The summed E-state index contributed by atoms with van der Waals surface area (Å²) in [7, 11) is 1.58. The molecule has 0 unspecified atom stereocenters. The van der Waals surface area contributed by atoms with Crippen molar-refractivity contribution in [3.8, 4) is 5.75 Å². The van der Waals surface area contributed by atoms with Gasteiger partial charge in [0.2, 0.25) is 0 Å². The number of carbonyl (C=O) groups excluding carboxylic acids is 2. The van der Waals surface area contributed by atoms with Crippen molar-refractivity contribution in [2.24, 2.45) is 0 Å². The molecule has 0 radical (unpaired) electrons. The van der Waals surface area contributed by atoms with Gasteiger partial charge in [0.25, 0.3) is 11.8 Å². The van der Waals surface area contributed by atoms with Crippen LogP contribution in [0.2, 0.25) is 0 Å². The van der Waals surface area contributed by atoms with E-state index in [1.165, 1.54) is 0 Å². The third-order valence-corrected chi connectivity index (χ3v) is 5.04. The maximum atomic E-state index is 13.1. The van der Waals surface area contributed by atoms with Crippen LogP contribution in [0, 0.1) is 13.8 Å². The lowest BCUT2D eigenvalue weighted by atomic mass is 10.0. The molecule has 0 spiro atoms. The molecule has 27 heavy (non-hydrogen) atoms. The highest BCUT2D eigenvalue weighted by atomic mass is 16.5. The average Bonchev–Trinajstić information content (AvgIpc) is 2.95. The van der Waals surface area contributed by atoms with E-state index in [2.05, 4.69) is 4.98 Å². The summed E-state index contributed by atoms with van der Waals surface area (Å²) >= 11 is 0. The topological polar surface area (TPSA) is 62.7 Å². The van der Waals surface area contributed by atoms with Gasteiger partial charge in [-0.3, -0.25) is 14.6 Å². The molecule has 2 amide bonds. The van der Waals surface area contributed by atoms with Gasteiger partial charge in [-0.2, -0.15) is 0 Å². The molecule has 1 aliphatic heterocycles. The zero-order valence-corrected chi connectivity index (χ0v) is 16.1. The first-order chi connectivity index (χ1) is 13.0. The predicted octanol–water partition coefficient (Wildman–Crippen LogP) is 2.70. The fourth-order valence-electron chi connectivity index (χ4n) is 3.30. The van der Waals surface area contributed by atoms with E-state index < -0.39 is 0 Å². The van der Waals surface area contributed by atoms with Crippen molar-refractivity contribution >= 4 is 11.8 Å². The molecule has 0 aliphatic carbocycles. The predicted molar refractivity (Wildman–Crippen MR) is 103 cm³/mol. The van der Waals surface area contributed by atoms with E-state index >= 15 is 0 Å². The minimum Gasteiger partial charge on any atom is -0.496 e. The van der Waals surface area contributed by atoms with Gasteiger partial charge >= 0.3 is 0 Å². The second kappa shape index (κ2) is 8.20. The Morgan fingerprint density at radius 3 is 2.15 bits per heavy atom. The first kappa shape index (κ1) is 18.9. The summed E-state index contributed by atoms with van der Waals surface area (Å²) in [4.78, 5) is 33.3. The van der Waals surface area contributed by atoms with Gasteiger partial charge < -0.3 is 14.5 Å². The molecule has 2 aromatic rings. The zero-order valence-electron chi connectivity index (χ0n) is 16.1. The van der Waals surface area contributed by atoms with Crippen molar-refractivity contribution in [1.82, 2.24) is 14.8 Å². The lowest BCUT2D eigenvalue weighted by molar-refractivity contribution is 0.0717. The highest BCUT2D eigenvalue weighted by molar-refractivity contribution is 5.97. The second-order valence-corrected chi connectivity index (χ2v) is 6.81. The summed E-state index contributed by atoms with van der Waals surface area (Å²) in [5.74, 6) is 0.528. The van der Waals surface area contributed by atoms with Gasteiger partial charge in [-0.25, -0.2) is 0 Å². The summed E-state index contributed by atoms with van der Waals surface area (Å²) in [6.45, 7) is 6.26. The number of hydrogen-bond acceptors (Lipinski definition) is 4. The number of ether oxygens (including phenoxy) is 1. The molecule has 1 saturated heterocycles. The molecular weight excluding hydrogens is 342 g/mol. The van der Waals surface area contributed by atoms with Gasteiger partial charge in [0, 0.05) is 44.1 Å². The molecule has 0 saturated carbocycles. The van der Waals surface area contributed by atoms with Crippen molar-refractivity contribution in [3.05, 3.63) is 58.9 Å². The molecule has 142 valence electrons. The molecule has 0 bridgehead atoms. The molecular formula is C21H25N3O3. The lowest BCUT2D eigenvalue weighted by Crippen LogP contribution is -2.37. The summed E-state index contributed by atoms with van der Waals surface area (Å²) in [5, 5.41) is 0. The van der Waals surface area contributed by atoms with Crippen LogP contribution in [-0.2, 0) is 0 Å². The Balaban J connectivity index is 1.74. The Morgan fingerprint density at radius 1 is 0.926 bits per heavy atom. The van der Waals surface area contributed by atoms with Crippen LogP contribution in [0.3, 0.4) is 0 Å². The molecule has 6 heteroatoms. The van der Waals surface area contributed by atoms with Gasteiger partial charge in [0.1, 0.15) is 5.75 Å². The average molecular weight is 367 g/mol. The van der Waals surface area contributed by atoms with Crippen molar-refractivity contribution in [2.45, 2.75) is 20.3 Å². The minimum absolute atomic E-state index is 0.0181. The number of rotatable bonds is 3. The monoisotopic (exact) mass is 367 g/mol. The van der Waals surface area contributed by atoms with E-state index in [4.69, 9.17) is 4.74 Å². The Labute approximate surface area is 159 Å².